The number of pyridine rings is 1. The highest BCUT2D eigenvalue weighted by Gasteiger charge is 2.25. The average Bonchev–Trinajstić information content (AvgIpc) is 3.23. The number of ether oxygens (including phenoxy) is 1. The first-order valence-corrected chi connectivity index (χ1v) is 12.2. The van der Waals surface area contributed by atoms with Crippen LogP contribution in [0, 0.1) is 6.92 Å². The molecule has 5 rings (SSSR count). The molecule has 0 radical (unpaired) electrons. The third kappa shape index (κ3) is 5.44. The van der Waals surface area contributed by atoms with Crippen molar-refractivity contribution in [2.45, 2.75) is 25.7 Å². The predicted octanol–water partition coefficient (Wildman–Crippen LogP) is 4.30. The third-order valence-corrected chi connectivity index (χ3v) is 6.53. The number of amides is 1. The number of aromatic nitrogens is 3. The smallest absolute Gasteiger partial charge is 0.238 e. The first-order valence-electron chi connectivity index (χ1n) is 12.2. The quantitative estimate of drug-likeness (QED) is 0.331. The topological polar surface area (TPSA) is 95.2 Å². The van der Waals surface area contributed by atoms with Crippen LogP contribution in [0.2, 0.25) is 0 Å². The highest BCUT2D eigenvalue weighted by atomic mass is 16.5. The normalized spacial score (nSPS) is 16.6. The van der Waals surface area contributed by atoms with Crippen LogP contribution in [0.5, 0.6) is 0 Å². The Bertz CT molecular complexity index is 1330. The van der Waals surface area contributed by atoms with Crippen LogP contribution < -0.4 is 10.6 Å². The number of nitrogens with one attached hydrogen (secondary N) is 3. The van der Waals surface area contributed by atoms with Crippen LogP contribution >= 0.6 is 0 Å². The highest BCUT2D eigenvalue weighted by Crippen LogP contribution is 2.31. The van der Waals surface area contributed by atoms with E-state index in [-0.39, 0.29) is 11.8 Å². The van der Waals surface area contributed by atoms with E-state index in [9.17, 15) is 4.79 Å². The second-order valence-electron chi connectivity index (χ2n) is 9.21. The summed E-state index contributed by atoms with van der Waals surface area (Å²) in [5.74, 6) is 2.04. The highest BCUT2D eigenvalue weighted by molar-refractivity contribution is 5.94. The zero-order chi connectivity index (χ0) is 24.2. The van der Waals surface area contributed by atoms with E-state index in [0.29, 0.717) is 19.7 Å². The number of aryl methyl sites for hydroxylation is 1. The van der Waals surface area contributed by atoms with Gasteiger partial charge in [-0.3, -0.25) is 9.69 Å². The van der Waals surface area contributed by atoms with Crippen LogP contribution in [0.1, 0.15) is 30.3 Å². The summed E-state index contributed by atoms with van der Waals surface area (Å²) in [6.45, 7) is 5.35. The molecule has 182 valence electrons. The van der Waals surface area contributed by atoms with Crippen LogP contribution in [0.4, 0.5) is 11.5 Å². The summed E-state index contributed by atoms with van der Waals surface area (Å²) in [4.78, 5) is 27.7. The second kappa shape index (κ2) is 10.4. The molecule has 4 aromatic rings. The molecule has 0 unspecified atom stereocenters. The number of methoxy groups -OCH3 is 1. The molecule has 0 bridgehead atoms. The summed E-state index contributed by atoms with van der Waals surface area (Å²) in [6, 6.07) is 16.3. The Labute approximate surface area is 205 Å². The Kier molecular flexibility index (Phi) is 6.92. The number of hydrogen-bond donors (Lipinski definition) is 3. The lowest BCUT2D eigenvalue weighted by molar-refractivity contribution is -0.117. The fraction of sp³-hybridized carbons (Fsp3) is 0.370. The summed E-state index contributed by atoms with van der Waals surface area (Å²) in [5.41, 5.74) is 3.69. The summed E-state index contributed by atoms with van der Waals surface area (Å²) in [7, 11) is 1.70. The molecule has 1 aliphatic rings. The molecule has 1 amide bonds. The van der Waals surface area contributed by atoms with Gasteiger partial charge in [-0.05, 0) is 56.0 Å². The summed E-state index contributed by atoms with van der Waals surface area (Å²) >= 11 is 0. The summed E-state index contributed by atoms with van der Waals surface area (Å²) in [5, 5.41) is 8.77. The first-order chi connectivity index (χ1) is 17.1. The molecule has 1 saturated heterocycles. The minimum absolute atomic E-state index is 0.00497. The minimum atomic E-state index is -0.00497. The van der Waals surface area contributed by atoms with Gasteiger partial charge in [-0.2, -0.15) is 0 Å². The van der Waals surface area contributed by atoms with Crippen molar-refractivity contribution >= 4 is 39.2 Å². The number of carbonyl (C=O) groups excluding carboxylic acids is 1. The maximum Gasteiger partial charge on any atom is 0.238 e. The van der Waals surface area contributed by atoms with Crippen molar-refractivity contribution in [1.29, 1.82) is 0 Å². The monoisotopic (exact) mass is 472 g/mol. The molecule has 0 saturated carbocycles. The molecule has 35 heavy (non-hydrogen) atoms. The number of nitrogens with zero attached hydrogens (tertiary/aromatic N) is 3. The van der Waals surface area contributed by atoms with Crippen molar-refractivity contribution in [3.05, 3.63) is 60.0 Å². The summed E-state index contributed by atoms with van der Waals surface area (Å²) < 4.78 is 5.20. The lowest BCUT2D eigenvalue weighted by Crippen LogP contribution is -2.40. The van der Waals surface area contributed by atoms with Gasteiger partial charge in [0.15, 0.2) is 0 Å². The number of piperidine rings is 1. The molecule has 0 spiro atoms. The molecule has 8 heteroatoms. The Hall–Kier alpha value is -3.49. The van der Waals surface area contributed by atoms with Gasteiger partial charge < -0.3 is 20.4 Å². The van der Waals surface area contributed by atoms with Gasteiger partial charge in [0.1, 0.15) is 11.6 Å². The molecule has 3 heterocycles. The first kappa shape index (κ1) is 23.3. The van der Waals surface area contributed by atoms with Gasteiger partial charge >= 0.3 is 0 Å². The lowest BCUT2D eigenvalue weighted by Gasteiger charge is -2.32. The predicted molar refractivity (Wildman–Crippen MR) is 140 cm³/mol. The molecule has 2 aromatic carbocycles. The van der Waals surface area contributed by atoms with Crippen molar-refractivity contribution in [2.75, 3.05) is 50.5 Å². The molecule has 0 aliphatic carbocycles. The number of anilines is 2. The molecule has 8 nitrogen and oxygen atoms in total. The average molecular weight is 473 g/mol. The Morgan fingerprint density at radius 1 is 1.20 bits per heavy atom. The number of rotatable bonds is 8. The fourth-order valence-corrected chi connectivity index (χ4v) is 4.89. The van der Waals surface area contributed by atoms with Crippen molar-refractivity contribution in [3.8, 4) is 0 Å². The van der Waals surface area contributed by atoms with Crippen molar-refractivity contribution < 1.29 is 9.53 Å². The molecule has 1 aliphatic heterocycles. The van der Waals surface area contributed by atoms with E-state index in [4.69, 9.17) is 9.72 Å². The largest absolute Gasteiger partial charge is 0.383 e. The molecular weight excluding hydrogens is 440 g/mol. The number of likely N-dealkylation sites (tertiary alicyclic amines) is 1. The van der Waals surface area contributed by atoms with Gasteiger partial charge in [-0.1, -0.05) is 24.3 Å². The molecule has 3 N–H and O–H groups in total. The van der Waals surface area contributed by atoms with Crippen molar-refractivity contribution in [1.82, 2.24) is 19.9 Å². The van der Waals surface area contributed by atoms with E-state index in [2.05, 4.69) is 49.8 Å². The maximum absolute atomic E-state index is 12.8. The number of carbonyl (C=O) groups is 1. The van der Waals surface area contributed by atoms with Crippen LogP contribution in [-0.4, -0.2) is 65.7 Å². The van der Waals surface area contributed by atoms with Gasteiger partial charge in [-0.25, -0.2) is 9.97 Å². The van der Waals surface area contributed by atoms with Gasteiger partial charge in [0.2, 0.25) is 5.91 Å². The number of H-pyrrole nitrogens is 1. The zero-order valence-electron chi connectivity index (χ0n) is 20.3. The third-order valence-electron chi connectivity index (χ3n) is 6.53. The van der Waals surface area contributed by atoms with E-state index in [0.717, 1.165) is 65.4 Å². The van der Waals surface area contributed by atoms with E-state index in [1.54, 1.807) is 7.11 Å². The van der Waals surface area contributed by atoms with E-state index < -0.39 is 0 Å². The number of aromatic amines is 1. The van der Waals surface area contributed by atoms with Gasteiger partial charge in [0.05, 0.1) is 24.2 Å². The Morgan fingerprint density at radius 2 is 2.09 bits per heavy atom. The van der Waals surface area contributed by atoms with E-state index in [1.165, 1.54) is 5.39 Å². The van der Waals surface area contributed by atoms with Gasteiger partial charge in [0.25, 0.3) is 0 Å². The minimum Gasteiger partial charge on any atom is -0.383 e. The van der Waals surface area contributed by atoms with E-state index in [1.807, 2.05) is 31.2 Å². The van der Waals surface area contributed by atoms with Crippen LogP contribution in [0.15, 0.2) is 48.5 Å². The number of fused-ring (bicyclic) bond motifs is 2. The van der Waals surface area contributed by atoms with Crippen LogP contribution in [0.3, 0.4) is 0 Å². The van der Waals surface area contributed by atoms with Crippen molar-refractivity contribution in [2.24, 2.45) is 0 Å². The molecule has 2 aromatic heterocycles. The van der Waals surface area contributed by atoms with Crippen LogP contribution in [0.25, 0.3) is 21.8 Å². The Balaban J connectivity index is 1.27. The van der Waals surface area contributed by atoms with Gasteiger partial charge in [0, 0.05) is 42.9 Å². The maximum atomic E-state index is 12.8. The second-order valence-corrected chi connectivity index (χ2v) is 9.21. The molecule has 1 fully saturated rings. The zero-order valence-corrected chi connectivity index (χ0v) is 20.3. The van der Waals surface area contributed by atoms with E-state index >= 15 is 0 Å². The van der Waals surface area contributed by atoms with Crippen LogP contribution in [-0.2, 0) is 9.53 Å². The van der Waals surface area contributed by atoms with Gasteiger partial charge in [-0.15, -0.1) is 0 Å². The molecule has 1 atom stereocenters. The molecular formula is C27H32N6O2. The number of benzene rings is 2. The van der Waals surface area contributed by atoms with Crippen molar-refractivity contribution in [3.63, 3.8) is 0 Å². The standard InChI is InChI=1S/C27H32N6O2/c1-18-29-23-10-9-21(15-25(23)30-18)31-26(34)17-33-12-5-7-20(16-33)24-14-19-6-3-4-8-22(19)27(32-24)28-11-13-35-2/h3-4,6,8-10,14-15,20H,5,7,11-13,16-17H2,1-2H3,(H,28,32)(H,29,30)(H,31,34)/t20-/m0/s1. The lowest BCUT2D eigenvalue weighted by atomic mass is 9.93. The number of imidazole rings is 1. The summed E-state index contributed by atoms with van der Waals surface area (Å²) in [6.07, 6.45) is 2.11. The fourth-order valence-electron chi connectivity index (χ4n) is 4.89. The number of hydrogen-bond acceptors (Lipinski definition) is 6. The SMILES string of the molecule is COCCNc1nc([C@H]2CCCN(CC(=O)Nc3ccc4nc(C)[nH]c4c3)C2)cc2ccccc12. The Morgan fingerprint density at radius 3 is 2.97 bits per heavy atom.